The molecule has 0 bridgehead atoms. The van der Waals surface area contributed by atoms with Crippen molar-refractivity contribution in [3.05, 3.63) is 0 Å². The summed E-state index contributed by atoms with van der Waals surface area (Å²) in [6, 6.07) is 0.0370. The van der Waals surface area contributed by atoms with E-state index in [1.807, 2.05) is 0 Å². The van der Waals surface area contributed by atoms with Crippen LogP contribution in [0.2, 0.25) is 0 Å². The molecule has 1 aliphatic carbocycles. The van der Waals surface area contributed by atoms with Crippen LogP contribution in [-0.4, -0.2) is 30.4 Å². The molecule has 0 radical (unpaired) electrons. The number of nitrogens with zero attached hydrogens (tertiary/aromatic N) is 1. The van der Waals surface area contributed by atoms with Crippen LogP contribution < -0.4 is 0 Å². The summed E-state index contributed by atoms with van der Waals surface area (Å²) in [7, 11) is -2.53. The predicted octanol–water partition coefficient (Wildman–Crippen LogP) is 0.274. The molecule has 0 aromatic heterocycles. The monoisotopic (exact) mass is 165 g/mol. The van der Waals surface area contributed by atoms with Gasteiger partial charge in [0.25, 0.3) is 0 Å². The van der Waals surface area contributed by atoms with Gasteiger partial charge in [0, 0.05) is 13.1 Å². The van der Waals surface area contributed by atoms with E-state index in [0.29, 0.717) is 0 Å². The van der Waals surface area contributed by atoms with Gasteiger partial charge in [-0.2, -0.15) is 12.7 Å². The topological polar surface area (TPSA) is 57.6 Å². The standard InChI is InChI=1S/C5H11NO3S/c1-6(10(7,8)9)5-3-2-4-5/h5H,2-4H2,1H3,(H,7,8,9). The number of hydrogen-bond acceptors (Lipinski definition) is 2. The lowest BCUT2D eigenvalue weighted by molar-refractivity contribution is 0.231. The summed E-state index contributed by atoms with van der Waals surface area (Å²) in [5, 5.41) is 0. The molecular weight excluding hydrogens is 154 g/mol. The Morgan fingerprint density at radius 3 is 2.10 bits per heavy atom. The van der Waals surface area contributed by atoms with Gasteiger partial charge in [-0.3, -0.25) is 4.55 Å². The zero-order valence-electron chi connectivity index (χ0n) is 5.82. The fraction of sp³-hybridized carbons (Fsp3) is 1.00. The first-order valence-corrected chi connectivity index (χ1v) is 4.62. The molecule has 1 saturated carbocycles. The van der Waals surface area contributed by atoms with Crippen LogP contribution >= 0.6 is 0 Å². The van der Waals surface area contributed by atoms with Gasteiger partial charge in [-0.25, -0.2) is 0 Å². The van der Waals surface area contributed by atoms with Gasteiger partial charge in [0.2, 0.25) is 0 Å². The highest BCUT2D eigenvalue weighted by Gasteiger charge is 2.28. The summed E-state index contributed by atoms with van der Waals surface area (Å²) in [5.41, 5.74) is 0. The molecule has 0 aromatic rings. The van der Waals surface area contributed by atoms with Crippen LogP contribution in [0.25, 0.3) is 0 Å². The minimum atomic E-state index is -3.93. The lowest BCUT2D eigenvalue weighted by atomic mass is 9.94. The van der Waals surface area contributed by atoms with Crippen molar-refractivity contribution < 1.29 is 13.0 Å². The number of hydrogen-bond donors (Lipinski definition) is 1. The Morgan fingerprint density at radius 2 is 2.00 bits per heavy atom. The molecular formula is C5H11NO3S. The van der Waals surface area contributed by atoms with E-state index in [1.54, 1.807) is 0 Å². The summed E-state index contributed by atoms with van der Waals surface area (Å²) in [4.78, 5) is 0. The Bertz CT molecular complexity index is 207. The molecule has 0 heterocycles. The van der Waals surface area contributed by atoms with E-state index in [4.69, 9.17) is 4.55 Å². The van der Waals surface area contributed by atoms with Crippen molar-refractivity contribution in [1.29, 1.82) is 0 Å². The highest BCUT2D eigenvalue weighted by molar-refractivity contribution is 7.83. The molecule has 60 valence electrons. The lowest BCUT2D eigenvalue weighted by Gasteiger charge is -2.31. The molecule has 5 heteroatoms. The van der Waals surface area contributed by atoms with E-state index >= 15 is 0 Å². The maximum Gasteiger partial charge on any atom is 0.335 e. The lowest BCUT2D eigenvalue weighted by Crippen LogP contribution is -2.40. The molecule has 1 N–H and O–H groups in total. The Labute approximate surface area is 60.7 Å². The first-order valence-electron chi connectivity index (χ1n) is 3.22. The van der Waals surface area contributed by atoms with Crippen LogP contribution in [0, 0.1) is 0 Å². The fourth-order valence-corrected chi connectivity index (χ4v) is 1.53. The molecule has 0 unspecified atom stereocenters. The normalized spacial score (nSPS) is 21.1. The highest BCUT2D eigenvalue weighted by atomic mass is 32.2. The Morgan fingerprint density at radius 1 is 1.50 bits per heavy atom. The van der Waals surface area contributed by atoms with Crippen LogP contribution in [0.15, 0.2) is 0 Å². The van der Waals surface area contributed by atoms with Crippen LogP contribution in [0.3, 0.4) is 0 Å². The third-order valence-electron chi connectivity index (χ3n) is 1.95. The molecule has 0 aromatic carbocycles. The van der Waals surface area contributed by atoms with Gasteiger partial charge in [0.05, 0.1) is 0 Å². The molecule has 0 saturated heterocycles. The van der Waals surface area contributed by atoms with Crippen LogP contribution in [0.4, 0.5) is 0 Å². The van der Waals surface area contributed by atoms with Crippen molar-refractivity contribution in [2.24, 2.45) is 0 Å². The van der Waals surface area contributed by atoms with Gasteiger partial charge in [-0.05, 0) is 12.8 Å². The van der Waals surface area contributed by atoms with Crippen molar-refractivity contribution in [3.8, 4) is 0 Å². The first kappa shape index (κ1) is 7.97. The zero-order valence-corrected chi connectivity index (χ0v) is 6.63. The highest BCUT2D eigenvalue weighted by Crippen LogP contribution is 2.24. The average Bonchev–Trinajstić information content (AvgIpc) is 1.57. The van der Waals surface area contributed by atoms with Gasteiger partial charge in [-0.15, -0.1) is 0 Å². The second kappa shape index (κ2) is 2.48. The van der Waals surface area contributed by atoms with Gasteiger partial charge in [-0.1, -0.05) is 6.42 Å². The summed E-state index contributed by atoms with van der Waals surface area (Å²) in [6.07, 6.45) is 2.80. The maximum absolute atomic E-state index is 10.4. The van der Waals surface area contributed by atoms with E-state index < -0.39 is 10.3 Å². The van der Waals surface area contributed by atoms with Gasteiger partial charge in [0.1, 0.15) is 0 Å². The Kier molecular flexibility index (Phi) is 1.98. The molecule has 4 nitrogen and oxygen atoms in total. The fourth-order valence-electron chi connectivity index (χ4n) is 0.939. The van der Waals surface area contributed by atoms with Crippen molar-refractivity contribution in [3.63, 3.8) is 0 Å². The second-order valence-corrected chi connectivity index (χ2v) is 4.05. The summed E-state index contributed by atoms with van der Waals surface area (Å²) >= 11 is 0. The molecule has 0 spiro atoms. The van der Waals surface area contributed by atoms with Crippen molar-refractivity contribution in [2.45, 2.75) is 25.3 Å². The summed E-state index contributed by atoms with van der Waals surface area (Å²) in [6.45, 7) is 0. The van der Waals surface area contributed by atoms with Gasteiger partial charge >= 0.3 is 10.3 Å². The van der Waals surface area contributed by atoms with Crippen LogP contribution in [0.1, 0.15) is 19.3 Å². The minimum Gasteiger partial charge on any atom is -0.273 e. The first-order chi connectivity index (χ1) is 4.52. The van der Waals surface area contributed by atoms with Crippen molar-refractivity contribution >= 4 is 10.3 Å². The van der Waals surface area contributed by atoms with E-state index in [-0.39, 0.29) is 6.04 Å². The SMILES string of the molecule is CN(C1CCC1)S(=O)(=O)O. The molecule has 10 heavy (non-hydrogen) atoms. The third kappa shape index (κ3) is 1.47. The largest absolute Gasteiger partial charge is 0.335 e. The molecule has 0 amide bonds. The van der Waals surface area contributed by atoms with Gasteiger partial charge < -0.3 is 0 Å². The smallest absolute Gasteiger partial charge is 0.273 e. The van der Waals surface area contributed by atoms with Crippen LogP contribution in [0.5, 0.6) is 0 Å². The van der Waals surface area contributed by atoms with Crippen molar-refractivity contribution in [2.75, 3.05) is 7.05 Å². The second-order valence-electron chi connectivity index (χ2n) is 2.58. The molecule has 1 rings (SSSR count). The van der Waals surface area contributed by atoms with E-state index in [9.17, 15) is 8.42 Å². The third-order valence-corrected chi connectivity index (χ3v) is 2.98. The van der Waals surface area contributed by atoms with Gasteiger partial charge in [0.15, 0.2) is 0 Å². The van der Waals surface area contributed by atoms with Crippen LogP contribution in [-0.2, 0) is 10.3 Å². The van der Waals surface area contributed by atoms with Crippen molar-refractivity contribution in [1.82, 2.24) is 4.31 Å². The van der Waals surface area contributed by atoms with E-state index in [2.05, 4.69) is 0 Å². The summed E-state index contributed by atoms with van der Waals surface area (Å²) in [5.74, 6) is 0. The van der Waals surface area contributed by atoms with E-state index in [1.165, 1.54) is 7.05 Å². The molecule has 0 aliphatic heterocycles. The quantitative estimate of drug-likeness (QED) is 0.598. The minimum absolute atomic E-state index is 0.0370. The Hall–Kier alpha value is -0.130. The summed E-state index contributed by atoms with van der Waals surface area (Å²) < 4.78 is 30.4. The van der Waals surface area contributed by atoms with E-state index in [0.717, 1.165) is 23.6 Å². The maximum atomic E-state index is 10.4. The predicted molar refractivity (Wildman–Crippen MR) is 37.0 cm³/mol. The molecule has 1 aliphatic rings. The molecule has 0 atom stereocenters. The average molecular weight is 165 g/mol. The zero-order chi connectivity index (χ0) is 7.78. The molecule has 1 fully saturated rings. The number of rotatable bonds is 2. The Balaban J connectivity index is 2.56.